The van der Waals surface area contributed by atoms with Crippen LogP contribution < -0.4 is 5.73 Å². The van der Waals surface area contributed by atoms with Crippen molar-refractivity contribution >= 4 is 5.82 Å². The fourth-order valence-corrected chi connectivity index (χ4v) is 1.82. The Bertz CT molecular complexity index is 513. The van der Waals surface area contributed by atoms with Crippen LogP contribution in [0.4, 0.5) is 5.82 Å². The summed E-state index contributed by atoms with van der Waals surface area (Å²) < 4.78 is 1.76. The number of rotatable bonds is 2. The van der Waals surface area contributed by atoms with E-state index in [1.807, 2.05) is 0 Å². The van der Waals surface area contributed by atoms with E-state index in [2.05, 4.69) is 10.3 Å². The van der Waals surface area contributed by atoms with E-state index in [-0.39, 0.29) is 5.75 Å². The van der Waals surface area contributed by atoms with Gasteiger partial charge in [-0.1, -0.05) is 5.21 Å². The highest BCUT2D eigenvalue weighted by molar-refractivity contribution is 5.45. The highest BCUT2D eigenvalue weighted by Crippen LogP contribution is 2.42. The van der Waals surface area contributed by atoms with E-state index >= 15 is 0 Å². The molecule has 3 rings (SSSR count). The molecule has 1 aliphatic carbocycles. The molecule has 0 saturated heterocycles. The van der Waals surface area contributed by atoms with Gasteiger partial charge in [-0.2, -0.15) is 0 Å². The summed E-state index contributed by atoms with van der Waals surface area (Å²) in [6.07, 6.45) is 2.30. The molecular weight excluding hydrogens is 204 g/mol. The third-order valence-corrected chi connectivity index (χ3v) is 2.79. The number of hydrogen-bond acceptors (Lipinski definition) is 4. The van der Waals surface area contributed by atoms with Crippen LogP contribution in [-0.2, 0) is 0 Å². The quantitative estimate of drug-likeness (QED) is 0.796. The van der Waals surface area contributed by atoms with Crippen LogP contribution in [0.5, 0.6) is 5.75 Å². The Morgan fingerprint density at radius 2 is 1.94 bits per heavy atom. The van der Waals surface area contributed by atoms with E-state index in [9.17, 15) is 5.11 Å². The lowest BCUT2D eigenvalue weighted by Gasteiger charge is -2.05. The molecule has 2 aromatic rings. The van der Waals surface area contributed by atoms with Crippen molar-refractivity contribution in [2.45, 2.75) is 18.8 Å². The van der Waals surface area contributed by atoms with Gasteiger partial charge in [-0.25, -0.2) is 4.68 Å². The van der Waals surface area contributed by atoms with Gasteiger partial charge in [0.25, 0.3) is 0 Å². The number of phenols is 1. The number of hydrogen-bond donors (Lipinski definition) is 2. The molecule has 0 amide bonds. The van der Waals surface area contributed by atoms with Gasteiger partial charge >= 0.3 is 0 Å². The Morgan fingerprint density at radius 3 is 2.56 bits per heavy atom. The first-order valence-electron chi connectivity index (χ1n) is 5.26. The molecule has 1 heterocycles. The van der Waals surface area contributed by atoms with Crippen LogP contribution in [0.25, 0.3) is 5.69 Å². The van der Waals surface area contributed by atoms with Crippen molar-refractivity contribution in [2.24, 2.45) is 0 Å². The normalized spacial score (nSPS) is 15.2. The van der Waals surface area contributed by atoms with Gasteiger partial charge < -0.3 is 10.8 Å². The SMILES string of the molecule is Nc1nnn(-c2ccc(O)cc2)c1C1CC1. The van der Waals surface area contributed by atoms with Crippen molar-refractivity contribution in [2.75, 3.05) is 5.73 Å². The van der Waals surface area contributed by atoms with Gasteiger partial charge in [-0.05, 0) is 37.1 Å². The molecule has 5 heteroatoms. The fourth-order valence-electron chi connectivity index (χ4n) is 1.82. The monoisotopic (exact) mass is 216 g/mol. The summed E-state index contributed by atoms with van der Waals surface area (Å²) in [6, 6.07) is 6.86. The number of nitrogens with two attached hydrogens (primary N) is 1. The zero-order valence-corrected chi connectivity index (χ0v) is 8.67. The van der Waals surface area contributed by atoms with Crippen LogP contribution in [-0.4, -0.2) is 20.1 Å². The second-order valence-corrected chi connectivity index (χ2v) is 4.06. The van der Waals surface area contributed by atoms with Gasteiger partial charge in [0.05, 0.1) is 11.4 Å². The van der Waals surface area contributed by atoms with Crippen LogP contribution in [0.3, 0.4) is 0 Å². The molecule has 5 nitrogen and oxygen atoms in total. The van der Waals surface area contributed by atoms with Crippen molar-refractivity contribution in [1.29, 1.82) is 0 Å². The van der Waals surface area contributed by atoms with Gasteiger partial charge in [-0.3, -0.25) is 0 Å². The van der Waals surface area contributed by atoms with Crippen LogP contribution in [0, 0.1) is 0 Å². The molecule has 16 heavy (non-hydrogen) atoms. The Morgan fingerprint density at radius 1 is 1.25 bits per heavy atom. The van der Waals surface area contributed by atoms with Crippen molar-refractivity contribution in [3.05, 3.63) is 30.0 Å². The van der Waals surface area contributed by atoms with Crippen LogP contribution in [0.1, 0.15) is 24.5 Å². The first-order chi connectivity index (χ1) is 7.75. The lowest BCUT2D eigenvalue weighted by Crippen LogP contribution is -2.02. The Kier molecular flexibility index (Phi) is 1.86. The number of aromatic hydroxyl groups is 1. The minimum atomic E-state index is 0.241. The maximum absolute atomic E-state index is 9.23. The number of nitrogens with zero attached hydrogens (tertiary/aromatic N) is 3. The summed E-state index contributed by atoms with van der Waals surface area (Å²) in [7, 11) is 0. The summed E-state index contributed by atoms with van der Waals surface area (Å²) in [6.45, 7) is 0. The lowest BCUT2D eigenvalue weighted by molar-refractivity contribution is 0.475. The van der Waals surface area contributed by atoms with Crippen molar-refractivity contribution in [3.63, 3.8) is 0 Å². The van der Waals surface area contributed by atoms with E-state index in [0.29, 0.717) is 11.7 Å². The molecule has 1 aromatic heterocycles. The first-order valence-corrected chi connectivity index (χ1v) is 5.26. The fraction of sp³-hybridized carbons (Fsp3) is 0.273. The third-order valence-electron chi connectivity index (χ3n) is 2.79. The number of phenolic OH excluding ortho intramolecular Hbond substituents is 1. The second kappa shape index (κ2) is 3.23. The van der Waals surface area contributed by atoms with Crippen LogP contribution >= 0.6 is 0 Å². The third kappa shape index (κ3) is 1.41. The van der Waals surface area contributed by atoms with Gasteiger partial charge in [0.15, 0.2) is 5.82 Å². The van der Waals surface area contributed by atoms with Crippen molar-refractivity contribution in [1.82, 2.24) is 15.0 Å². The summed E-state index contributed by atoms with van der Waals surface area (Å²) >= 11 is 0. The molecule has 1 aromatic carbocycles. The Labute approximate surface area is 92.5 Å². The molecule has 0 unspecified atom stereocenters. The predicted octanol–water partition coefficient (Wildman–Crippen LogP) is 1.43. The molecule has 82 valence electrons. The van der Waals surface area contributed by atoms with E-state index in [4.69, 9.17) is 5.73 Å². The average molecular weight is 216 g/mol. The maximum Gasteiger partial charge on any atom is 0.169 e. The zero-order valence-electron chi connectivity index (χ0n) is 8.67. The van der Waals surface area contributed by atoms with Gasteiger partial charge in [0.1, 0.15) is 5.75 Å². The Hall–Kier alpha value is -2.04. The molecule has 0 bridgehead atoms. The molecule has 0 aliphatic heterocycles. The molecule has 1 saturated carbocycles. The number of nitrogen functional groups attached to an aromatic ring is 1. The highest BCUT2D eigenvalue weighted by Gasteiger charge is 2.30. The van der Waals surface area contributed by atoms with Crippen molar-refractivity contribution < 1.29 is 5.11 Å². The van der Waals surface area contributed by atoms with E-state index in [1.54, 1.807) is 28.9 Å². The highest BCUT2D eigenvalue weighted by atomic mass is 16.3. The molecule has 0 atom stereocenters. The number of aromatic nitrogens is 3. The summed E-state index contributed by atoms with van der Waals surface area (Å²) in [4.78, 5) is 0. The molecule has 1 aliphatic rings. The summed E-state index contributed by atoms with van der Waals surface area (Å²) in [5.74, 6) is 1.24. The largest absolute Gasteiger partial charge is 0.508 e. The predicted molar refractivity (Wildman–Crippen MR) is 59.4 cm³/mol. The molecule has 1 fully saturated rings. The first kappa shape index (κ1) is 9.21. The van der Waals surface area contributed by atoms with E-state index in [1.165, 1.54) is 0 Å². The van der Waals surface area contributed by atoms with Crippen molar-refractivity contribution in [3.8, 4) is 11.4 Å². The standard InChI is InChI=1S/C11H12N4O/c12-11-10(7-1-2-7)15(14-13-11)8-3-5-9(16)6-4-8/h3-7,16H,1-2,12H2. The lowest BCUT2D eigenvalue weighted by atomic mass is 10.2. The van der Waals surface area contributed by atoms with Gasteiger partial charge in [0, 0.05) is 5.92 Å². The smallest absolute Gasteiger partial charge is 0.169 e. The second-order valence-electron chi connectivity index (χ2n) is 4.06. The average Bonchev–Trinajstić information content (AvgIpc) is 3.04. The number of anilines is 1. The van der Waals surface area contributed by atoms with E-state index in [0.717, 1.165) is 24.2 Å². The molecule has 0 spiro atoms. The maximum atomic E-state index is 9.23. The summed E-state index contributed by atoms with van der Waals surface area (Å²) in [5.41, 5.74) is 7.68. The molecule has 3 N–H and O–H groups in total. The molecular formula is C11H12N4O. The minimum absolute atomic E-state index is 0.241. The van der Waals surface area contributed by atoms with Gasteiger partial charge in [0.2, 0.25) is 0 Å². The topological polar surface area (TPSA) is 77.0 Å². The minimum Gasteiger partial charge on any atom is -0.508 e. The van der Waals surface area contributed by atoms with E-state index < -0.39 is 0 Å². The van der Waals surface area contributed by atoms with Crippen LogP contribution in [0.2, 0.25) is 0 Å². The number of benzene rings is 1. The van der Waals surface area contributed by atoms with Gasteiger partial charge in [-0.15, -0.1) is 5.10 Å². The Balaban J connectivity index is 2.08. The van der Waals surface area contributed by atoms with Crippen LogP contribution in [0.15, 0.2) is 24.3 Å². The zero-order chi connectivity index (χ0) is 11.1. The summed E-state index contributed by atoms with van der Waals surface area (Å²) in [5, 5.41) is 17.2. The molecule has 0 radical (unpaired) electrons.